The molecule has 0 aromatic rings. The molecule has 0 radical (unpaired) electrons. The maximum Gasteiger partial charge on any atom is 0.319 e. The van der Waals surface area contributed by atoms with Gasteiger partial charge in [-0.05, 0) is 6.92 Å². The Morgan fingerprint density at radius 2 is 2.40 bits per heavy atom. The zero-order valence-corrected chi connectivity index (χ0v) is 6.09. The zero-order valence-electron chi connectivity index (χ0n) is 6.09. The summed E-state index contributed by atoms with van der Waals surface area (Å²) in [5, 5.41) is 0. The van der Waals surface area contributed by atoms with E-state index in [0.717, 1.165) is 0 Å². The summed E-state index contributed by atoms with van der Waals surface area (Å²) in [5.41, 5.74) is -0.889. The lowest BCUT2D eigenvalue weighted by Crippen LogP contribution is -2.29. The molecule has 0 amide bonds. The fourth-order valence-corrected chi connectivity index (χ4v) is 0.895. The van der Waals surface area contributed by atoms with Crippen LogP contribution in [0.4, 0.5) is 0 Å². The predicted octanol–water partition coefficient (Wildman–Crippen LogP) is 0.385. The Balaban J connectivity index is 2.90. The quantitative estimate of drug-likeness (QED) is 0.302. The van der Waals surface area contributed by atoms with Crippen LogP contribution in [0.1, 0.15) is 13.8 Å². The van der Waals surface area contributed by atoms with Crippen LogP contribution >= 0.6 is 0 Å². The average molecular weight is 142 g/mol. The van der Waals surface area contributed by atoms with Gasteiger partial charge >= 0.3 is 5.97 Å². The Kier molecular flexibility index (Phi) is 1.50. The van der Waals surface area contributed by atoms with Crippen LogP contribution in [0.15, 0.2) is 0 Å². The number of ether oxygens (including phenoxy) is 1. The number of hydrogen-bond donors (Lipinski definition) is 0. The van der Waals surface area contributed by atoms with Crippen LogP contribution in [0.25, 0.3) is 0 Å². The average Bonchev–Trinajstić information content (AvgIpc) is 2.18. The molecule has 1 aliphatic rings. The lowest BCUT2D eigenvalue weighted by molar-refractivity contribution is -0.147. The van der Waals surface area contributed by atoms with Gasteiger partial charge < -0.3 is 9.53 Å². The third-order valence-electron chi connectivity index (χ3n) is 2.17. The minimum absolute atomic E-state index is 0.0116. The largest absolute Gasteiger partial charge is 0.465 e. The highest BCUT2D eigenvalue weighted by Crippen LogP contribution is 2.32. The highest BCUT2D eigenvalue weighted by molar-refractivity contribution is 5.94. The summed E-state index contributed by atoms with van der Waals surface area (Å²) in [5.74, 6) is -0.382. The molecule has 10 heavy (non-hydrogen) atoms. The topological polar surface area (TPSA) is 43.4 Å². The number of aldehydes is 1. The second-order valence-corrected chi connectivity index (χ2v) is 2.90. The lowest BCUT2D eigenvalue weighted by atomic mass is 9.82. The lowest BCUT2D eigenvalue weighted by Gasteiger charge is -2.14. The van der Waals surface area contributed by atoms with Gasteiger partial charge in [-0.2, -0.15) is 0 Å². The Labute approximate surface area is 59.4 Å². The first kappa shape index (κ1) is 7.25. The van der Waals surface area contributed by atoms with Crippen molar-refractivity contribution in [2.24, 2.45) is 11.3 Å². The molecule has 0 aliphatic carbocycles. The van der Waals surface area contributed by atoms with Gasteiger partial charge in [0.15, 0.2) is 0 Å². The van der Waals surface area contributed by atoms with Crippen molar-refractivity contribution in [2.75, 3.05) is 6.61 Å². The summed E-state index contributed by atoms with van der Waals surface area (Å²) in [6, 6.07) is 0. The second-order valence-electron chi connectivity index (χ2n) is 2.90. The fourth-order valence-electron chi connectivity index (χ4n) is 0.895. The van der Waals surface area contributed by atoms with E-state index in [4.69, 9.17) is 4.74 Å². The summed E-state index contributed by atoms with van der Waals surface area (Å²) >= 11 is 0. The third kappa shape index (κ3) is 0.735. The van der Waals surface area contributed by atoms with Crippen molar-refractivity contribution in [3.8, 4) is 0 Å². The molecular formula is C7H10O3. The van der Waals surface area contributed by atoms with Crippen LogP contribution in [-0.2, 0) is 14.3 Å². The Bertz CT molecular complexity index is 176. The van der Waals surface area contributed by atoms with Gasteiger partial charge in [-0.1, -0.05) is 6.92 Å². The highest BCUT2D eigenvalue weighted by Gasteiger charge is 2.46. The summed E-state index contributed by atoms with van der Waals surface area (Å²) in [6.07, 6.45) is 0.674. The maximum atomic E-state index is 10.9. The highest BCUT2D eigenvalue weighted by atomic mass is 16.5. The molecule has 1 saturated heterocycles. The normalized spacial score (nSPS) is 39.4. The number of esters is 1. The van der Waals surface area contributed by atoms with E-state index in [1.807, 2.05) is 6.92 Å². The molecule has 0 N–H and O–H groups in total. The zero-order chi connectivity index (χ0) is 7.78. The van der Waals surface area contributed by atoms with Gasteiger partial charge in [0.2, 0.25) is 0 Å². The first-order valence-electron chi connectivity index (χ1n) is 3.25. The van der Waals surface area contributed by atoms with Crippen LogP contribution < -0.4 is 0 Å². The molecule has 1 aliphatic heterocycles. The van der Waals surface area contributed by atoms with Gasteiger partial charge in [0, 0.05) is 5.92 Å². The molecule has 0 bridgehead atoms. The van der Waals surface area contributed by atoms with Crippen molar-refractivity contribution < 1.29 is 14.3 Å². The minimum Gasteiger partial charge on any atom is -0.465 e. The van der Waals surface area contributed by atoms with E-state index >= 15 is 0 Å². The van der Waals surface area contributed by atoms with Crippen molar-refractivity contribution in [3.63, 3.8) is 0 Å². The van der Waals surface area contributed by atoms with Crippen LogP contribution in [0.2, 0.25) is 0 Å². The van der Waals surface area contributed by atoms with Crippen molar-refractivity contribution in [3.05, 3.63) is 0 Å². The van der Waals surface area contributed by atoms with E-state index in [-0.39, 0.29) is 5.92 Å². The summed E-state index contributed by atoms with van der Waals surface area (Å²) in [7, 11) is 0. The SMILES string of the molecule is C[C@@H]1COC(=O)[C@]1(C)C=O. The molecule has 0 spiro atoms. The van der Waals surface area contributed by atoms with Crippen molar-refractivity contribution in [1.82, 2.24) is 0 Å². The van der Waals surface area contributed by atoms with Crippen molar-refractivity contribution >= 4 is 12.3 Å². The number of rotatable bonds is 1. The monoisotopic (exact) mass is 142 g/mol. The Hall–Kier alpha value is -0.860. The van der Waals surface area contributed by atoms with Gasteiger partial charge in [0.25, 0.3) is 0 Å². The van der Waals surface area contributed by atoms with E-state index in [0.29, 0.717) is 12.9 Å². The molecule has 0 aromatic heterocycles. The molecule has 56 valence electrons. The predicted molar refractivity (Wildman–Crippen MR) is 34.3 cm³/mol. The first-order chi connectivity index (χ1) is 4.61. The van der Waals surface area contributed by atoms with Crippen LogP contribution in [0, 0.1) is 11.3 Å². The van der Waals surface area contributed by atoms with Gasteiger partial charge in [-0.25, -0.2) is 0 Å². The second kappa shape index (κ2) is 2.08. The molecule has 3 heteroatoms. The molecule has 3 nitrogen and oxygen atoms in total. The van der Waals surface area contributed by atoms with E-state index in [1.165, 1.54) is 0 Å². The first-order valence-corrected chi connectivity index (χ1v) is 3.25. The molecule has 1 rings (SSSR count). The van der Waals surface area contributed by atoms with Crippen LogP contribution in [0.5, 0.6) is 0 Å². The smallest absolute Gasteiger partial charge is 0.319 e. The van der Waals surface area contributed by atoms with E-state index in [9.17, 15) is 9.59 Å². The number of carbonyl (C=O) groups is 2. The molecule has 1 heterocycles. The van der Waals surface area contributed by atoms with Crippen LogP contribution in [-0.4, -0.2) is 18.9 Å². The maximum absolute atomic E-state index is 10.9. The Morgan fingerprint density at radius 1 is 1.80 bits per heavy atom. The third-order valence-corrected chi connectivity index (χ3v) is 2.17. The van der Waals surface area contributed by atoms with Gasteiger partial charge in [0.05, 0.1) is 6.61 Å². The summed E-state index contributed by atoms with van der Waals surface area (Å²) in [6.45, 7) is 3.81. The van der Waals surface area contributed by atoms with Gasteiger partial charge in [-0.3, -0.25) is 4.79 Å². The summed E-state index contributed by atoms with van der Waals surface area (Å²) < 4.78 is 4.70. The standard InChI is InChI=1S/C7H10O3/c1-5-3-10-6(9)7(5,2)4-8/h4-5H,3H2,1-2H3/t5-,7-/m1/s1. The van der Waals surface area contributed by atoms with Gasteiger partial charge in [0.1, 0.15) is 11.7 Å². The van der Waals surface area contributed by atoms with Gasteiger partial charge in [-0.15, -0.1) is 0 Å². The van der Waals surface area contributed by atoms with Crippen molar-refractivity contribution in [1.29, 1.82) is 0 Å². The van der Waals surface area contributed by atoms with Crippen molar-refractivity contribution in [2.45, 2.75) is 13.8 Å². The number of carbonyl (C=O) groups excluding carboxylic acids is 2. The molecule has 2 atom stereocenters. The van der Waals surface area contributed by atoms with E-state index < -0.39 is 11.4 Å². The summed E-state index contributed by atoms with van der Waals surface area (Å²) in [4.78, 5) is 21.3. The Morgan fingerprint density at radius 3 is 2.60 bits per heavy atom. The van der Waals surface area contributed by atoms with E-state index in [2.05, 4.69) is 0 Å². The number of hydrogen-bond acceptors (Lipinski definition) is 3. The molecular weight excluding hydrogens is 132 g/mol. The fraction of sp³-hybridized carbons (Fsp3) is 0.714. The molecule has 0 unspecified atom stereocenters. The molecule has 1 fully saturated rings. The minimum atomic E-state index is -0.889. The van der Waals surface area contributed by atoms with E-state index in [1.54, 1.807) is 6.92 Å². The molecule has 0 saturated carbocycles. The number of cyclic esters (lactones) is 1. The molecule has 0 aromatic carbocycles. The van der Waals surface area contributed by atoms with Crippen LogP contribution in [0.3, 0.4) is 0 Å².